The fourth-order valence-electron chi connectivity index (χ4n) is 1.61. The van der Waals surface area contributed by atoms with E-state index in [2.05, 4.69) is 27.2 Å². The van der Waals surface area contributed by atoms with E-state index in [1.807, 2.05) is 19.3 Å². The number of nitrogens with one attached hydrogen (secondary N) is 2. The molecule has 0 aliphatic rings. The topological polar surface area (TPSA) is 53.6 Å². The summed E-state index contributed by atoms with van der Waals surface area (Å²) >= 11 is 1.73. The molecule has 0 fully saturated rings. The maximum Gasteiger partial charge on any atom is 0.123 e. The summed E-state index contributed by atoms with van der Waals surface area (Å²) in [6.07, 6.45) is 6.60. The van der Waals surface area contributed by atoms with Crippen LogP contribution in [-0.2, 0) is 6.54 Å². The van der Waals surface area contributed by atoms with Gasteiger partial charge in [0.05, 0.1) is 11.0 Å². The fraction of sp³-hybridized carbons (Fsp3) is 0.455. The maximum absolute atomic E-state index is 4.27. The third-order valence-corrected chi connectivity index (χ3v) is 3.36. The van der Waals surface area contributed by atoms with Crippen molar-refractivity contribution >= 4 is 11.3 Å². The van der Waals surface area contributed by atoms with Gasteiger partial charge in [-0.2, -0.15) is 0 Å². The molecule has 86 valence electrons. The van der Waals surface area contributed by atoms with Gasteiger partial charge in [-0.3, -0.25) is 0 Å². The number of aromatic amines is 1. The van der Waals surface area contributed by atoms with E-state index in [-0.39, 0.29) is 6.04 Å². The molecular weight excluding hydrogens is 220 g/mol. The molecule has 2 rings (SSSR count). The lowest BCUT2D eigenvalue weighted by atomic mass is 10.2. The zero-order chi connectivity index (χ0) is 11.4. The Hall–Kier alpha value is -1.20. The lowest BCUT2D eigenvalue weighted by molar-refractivity contribution is 0.500. The third kappa shape index (κ3) is 2.68. The van der Waals surface area contributed by atoms with E-state index < -0.39 is 0 Å². The molecule has 0 aliphatic carbocycles. The molecule has 0 bridgehead atoms. The Morgan fingerprint density at radius 1 is 1.50 bits per heavy atom. The predicted molar refractivity (Wildman–Crippen MR) is 65.3 cm³/mol. The highest BCUT2D eigenvalue weighted by Gasteiger charge is 2.11. The van der Waals surface area contributed by atoms with Gasteiger partial charge in [-0.05, 0) is 13.3 Å². The van der Waals surface area contributed by atoms with Crippen molar-refractivity contribution in [1.29, 1.82) is 0 Å². The van der Waals surface area contributed by atoms with Gasteiger partial charge in [0.15, 0.2) is 0 Å². The first-order valence-corrected chi connectivity index (χ1v) is 6.25. The molecule has 2 aromatic rings. The minimum absolute atomic E-state index is 0.289. The minimum Gasteiger partial charge on any atom is -0.347 e. The van der Waals surface area contributed by atoms with Crippen LogP contribution in [0.3, 0.4) is 0 Å². The van der Waals surface area contributed by atoms with Crippen LogP contribution in [0.25, 0.3) is 0 Å². The van der Waals surface area contributed by atoms with Crippen molar-refractivity contribution in [2.24, 2.45) is 0 Å². The highest BCUT2D eigenvalue weighted by Crippen LogP contribution is 2.15. The number of H-pyrrole nitrogens is 1. The number of aryl methyl sites for hydroxylation is 1. The van der Waals surface area contributed by atoms with Gasteiger partial charge in [0, 0.05) is 30.0 Å². The fourth-order valence-corrected chi connectivity index (χ4v) is 2.36. The summed E-state index contributed by atoms with van der Waals surface area (Å²) in [6.45, 7) is 5.03. The van der Waals surface area contributed by atoms with Crippen LogP contribution in [0.2, 0.25) is 0 Å². The molecule has 0 saturated carbocycles. The average molecular weight is 236 g/mol. The lowest BCUT2D eigenvalue weighted by Crippen LogP contribution is -2.20. The molecule has 2 heterocycles. The molecule has 0 aliphatic heterocycles. The Morgan fingerprint density at radius 2 is 2.38 bits per heavy atom. The Morgan fingerprint density at radius 3 is 2.94 bits per heavy atom. The molecule has 0 aromatic carbocycles. The van der Waals surface area contributed by atoms with Crippen molar-refractivity contribution in [3.05, 3.63) is 34.3 Å². The number of rotatable bonds is 5. The van der Waals surface area contributed by atoms with Crippen LogP contribution >= 0.6 is 11.3 Å². The number of hydrogen-bond acceptors (Lipinski definition) is 4. The molecule has 2 aromatic heterocycles. The van der Waals surface area contributed by atoms with Crippen LogP contribution < -0.4 is 5.32 Å². The standard InChI is InChI=1S/C11H16N4S/c1-3-10(11-12-4-5-13-11)15-7-9-6-14-8(2)16-9/h4-6,10,15H,3,7H2,1-2H3,(H,12,13). The van der Waals surface area contributed by atoms with Gasteiger partial charge in [0.2, 0.25) is 0 Å². The number of nitrogens with zero attached hydrogens (tertiary/aromatic N) is 2. The summed E-state index contributed by atoms with van der Waals surface area (Å²) < 4.78 is 0. The van der Waals surface area contributed by atoms with Gasteiger partial charge in [0.1, 0.15) is 5.82 Å². The van der Waals surface area contributed by atoms with Crippen LogP contribution in [0.4, 0.5) is 0 Å². The van der Waals surface area contributed by atoms with E-state index in [9.17, 15) is 0 Å². The van der Waals surface area contributed by atoms with Gasteiger partial charge >= 0.3 is 0 Å². The number of imidazole rings is 1. The van der Waals surface area contributed by atoms with Crippen molar-refractivity contribution in [3.8, 4) is 0 Å². The zero-order valence-electron chi connectivity index (χ0n) is 9.53. The Labute approximate surface area is 99.2 Å². The number of aromatic nitrogens is 3. The average Bonchev–Trinajstić information content (AvgIpc) is 2.91. The maximum atomic E-state index is 4.27. The van der Waals surface area contributed by atoms with Gasteiger partial charge in [-0.1, -0.05) is 6.92 Å². The first kappa shape index (κ1) is 11.3. The lowest BCUT2D eigenvalue weighted by Gasteiger charge is -2.13. The van der Waals surface area contributed by atoms with Crippen LogP contribution in [0, 0.1) is 6.92 Å². The summed E-state index contributed by atoms with van der Waals surface area (Å²) in [4.78, 5) is 12.9. The van der Waals surface area contributed by atoms with E-state index in [1.165, 1.54) is 4.88 Å². The molecule has 0 spiro atoms. The monoisotopic (exact) mass is 236 g/mol. The quantitative estimate of drug-likeness (QED) is 0.838. The van der Waals surface area contributed by atoms with Crippen LogP contribution in [0.5, 0.6) is 0 Å². The molecule has 2 N–H and O–H groups in total. The molecule has 16 heavy (non-hydrogen) atoms. The highest BCUT2D eigenvalue weighted by atomic mass is 32.1. The second kappa shape index (κ2) is 5.23. The van der Waals surface area contributed by atoms with Crippen molar-refractivity contribution < 1.29 is 0 Å². The predicted octanol–water partition coefficient (Wildman–Crippen LogP) is 2.42. The summed E-state index contributed by atoms with van der Waals surface area (Å²) in [6, 6.07) is 0.289. The molecule has 0 amide bonds. The smallest absolute Gasteiger partial charge is 0.123 e. The summed E-state index contributed by atoms with van der Waals surface area (Å²) in [5.41, 5.74) is 0. The van der Waals surface area contributed by atoms with Crippen LogP contribution in [0.1, 0.15) is 35.1 Å². The highest BCUT2D eigenvalue weighted by molar-refractivity contribution is 7.11. The molecule has 1 unspecified atom stereocenters. The minimum atomic E-state index is 0.289. The van der Waals surface area contributed by atoms with E-state index in [0.29, 0.717) is 0 Å². The van der Waals surface area contributed by atoms with Gasteiger partial charge in [0.25, 0.3) is 0 Å². The second-order valence-corrected chi connectivity index (χ2v) is 4.98. The Balaban J connectivity index is 1.93. The zero-order valence-corrected chi connectivity index (χ0v) is 10.3. The second-order valence-electron chi connectivity index (χ2n) is 3.66. The molecule has 5 heteroatoms. The van der Waals surface area contributed by atoms with E-state index >= 15 is 0 Å². The van der Waals surface area contributed by atoms with Crippen molar-refractivity contribution in [2.45, 2.75) is 32.9 Å². The summed E-state index contributed by atoms with van der Waals surface area (Å²) in [7, 11) is 0. The van der Waals surface area contributed by atoms with Gasteiger partial charge < -0.3 is 10.3 Å². The van der Waals surface area contributed by atoms with Crippen molar-refractivity contribution in [3.63, 3.8) is 0 Å². The Bertz CT molecular complexity index is 421. The van der Waals surface area contributed by atoms with E-state index in [1.54, 1.807) is 17.5 Å². The molecule has 0 saturated heterocycles. The van der Waals surface area contributed by atoms with E-state index in [0.717, 1.165) is 23.8 Å². The molecular formula is C11H16N4S. The molecule has 1 atom stereocenters. The van der Waals surface area contributed by atoms with Gasteiger partial charge in [-0.25, -0.2) is 9.97 Å². The number of thiazole rings is 1. The van der Waals surface area contributed by atoms with Crippen LogP contribution in [0.15, 0.2) is 18.6 Å². The summed E-state index contributed by atoms with van der Waals surface area (Å²) in [5.74, 6) is 1.00. The van der Waals surface area contributed by atoms with Crippen LogP contribution in [-0.4, -0.2) is 15.0 Å². The first-order valence-electron chi connectivity index (χ1n) is 5.43. The molecule has 0 radical (unpaired) electrons. The van der Waals surface area contributed by atoms with Crippen molar-refractivity contribution in [1.82, 2.24) is 20.3 Å². The first-order chi connectivity index (χ1) is 7.79. The third-order valence-electron chi connectivity index (χ3n) is 2.45. The van der Waals surface area contributed by atoms with E-state index in [4.69, 9.17) is 0 Å². The summed E-state index contributed by atoms with van der Waals surface area (Å²) in [5, 5.41) is 4.59. The largest absolute Gasteiger partial charge is 0.347 e. The van der Waals surface area contributed by atoms with Crippen molar-refractivity contribution in [2.75, 3.05) is 0 Å². The molecule has 4 nitrogen and oxygen atoms in total. The SMILES string of the molecule is CCC(NCc1cnc(C)s1)c1ncc[nH]1. The van der Waals surface area contributed by atoms with Gasteiger partial charge in [-0.15, -0.1) is 11.3 Å². The number of hydrogen-bond donors (Lipinski definition) is 2. The normalized spacial score (nSPS) is 12.9. The Kier molecular flexibility index (Phi) is 3.69.